The Hall–Kier alpha value is -3.19. The molecule has 5 nitrogen and oxygen atoms in total. The van der Waals surface area contributed by atoms with E-state index in [0.29, 0.717) is 11.3 Å². The van der Waals surface area contributed by atoms with Crippen molar-refractivity contribution in [2.75, 3.05) is 10.0 Å². The Kier molecular flexibility index (Phi) is 5.23. The van der Waals surface area contributed by atoms with Crippen LogP contribution in [0.3, 0.4) is 0 Å². The first-order chi connectivity index (χ1) is 12.8. The number of amides is 1. The molecule has 0 radical (unpaired) electrons. The van der Waals surface area contributed by atoms with Gasteiger partial charge in [-0.05, 0) is 55.5 Å². The molecule has 0 heterocycles. The molecule has 3 aromatic rings. The molecular weight excluding hydrogens is 367 g/mol. The van der Waals surface area contributed by atoms with Gasteiger partial charge in [0, 0.05) is 11.3 Å². The molecule has 0 aromatic heterocycles. The van der Waals surface area contributed by atoms with Crippen LogP contribution in [-0.2, 0) is 10.0 Å². The summed E-state index contributed by atoms with van der Waals surface area (Å²) < 4.78 is 40.6. The molecule has 0 saturated heterocycles. The van der Waals surface area contributed by atoms with E-state index in [-0.39, 0.29) is 16.5 Å². The van der Waals surface area contributed by atoms with Crippen LogP contribution < -0.4 is 10.0 Å². The lowest BCUT2D eigenvalue weighted by atomic mass is 10.2. The second kappa shape index (κ2) is 7.59. The number of carbonyl (C=O) groups excluding carboxylic acids is 1. The molecule has 27 heavy (non-hydrogen) atoms. The summed E-state index contributed by atoms with van der Waals surface area (Å²) in [5.74, 6) is -1.03. The minimum absolute atomic E-state index is 0.0716. The second-order valence-electron chi connectivity index (χ2n) is 5.93. The second-order valence-corrected chi connectivity index (χ2v) is 7.61. The molecule has 0 aliphatic rings. The number of carbonyl (C=O) groups is 1. The third kappa shape index (κ3) is 4.51. The van der Waals surface area contributed by atoms with Crippen LogP contribution in [0.1, 0.15) is 15.9 Å². The minimum Gasteiger partial charge on any atom is -0.322 e. The lowest BCUT2D eigenvalue weighted by Crippen LogP contribution is -2.15. The normalized spacial score (nSPS) is 11.0. The van der Waals surface area contributed by atoms with Crippen LogP contribution in [0.4, 0.5) is 15.8 Å². The van der Waals surface area contributed by atoms with Crippen LogP contribution in [0.2, 0.25) is 0 Å². The van der Waals surface area contributed by atoms with Gasteiger partial charge in [0.25, 0.3) is 15.9 Å². The van der Waals surface area contributed by atoms with E-state index in [0.717, 1.165) is 11.6 Å². The highest BCUT2D eigenvalue weighted by Crippen LogP contribution is 2.19. The third-order valence-corrected chi connectivity index (χ3v) is 5.24. The summed E-state index contributed by atoms with van der Waals surface area (Å²) in [7, 11) is -3.96. The first-order valence-corrected chi connectivity index (χ1v) is 9.59. The quantitative estimate of drug-likeness (QED) is 0.693. The van der Waals surface area contributed by atoms with Crippen molar-refractivity contribution in [1.82, 2.24) is 0 Å². The smallest absolute Gasteiger partial charge is 0.261 e. The topological polar surface area (TPSA) is 75.3 Å². The Balaban J connectivity index is 1.75. The number of rotatable bonds is 5. The maximum Gasteiger partial charge on any atom is 0.261 e. The minimum atomic E-state index is -3.96. The van der Waals surface area contributed by atoms with Gasteiger partial charge in [-0.3, -0.25) is 9.52 Å². The average molecular weight is 384 g/mol. The van der Waals surface area contributed by atoms with E-state index < -0.39 is 15.8 Å². The highest BCUT2D eigenvalue weighted by atomic mass is 32.2. The van der Waals surface area contributed by atoms with E-state index in [4.69, 9.17) is 0 Å². The molecular formula is C20H17FN2O3S. The molecule has 138 valence electrons. The Labute approximate surface area is 156 Å². The van der Waals surface area contributed by atoms with Crippen molar-refractivity contribution in [2.24, 2.45) is 0 Å². The van der Waals surface area contributed by atoms with Crippen LogP contribution >= 0.6 is 0 Å². The Morgan fingerprint density at radius 1 is 0.889 bits per heavy atom. The summed E-state index contributed by atoms with van der Waals surface area (Å²) in [4.78, 5) is 12.2. The number of para-hydroxylation sites is 1. The molecule has 0 spiro atoms. The molecule has 7 heteroatoms. The maximum absolute atomic E-state index is 13.7. The van der Waals surface area contributed by atoms with Gasteiger partial charge in [-0.2, -0.15) is 0 Å². The van der Waals surface area contributed by atoms with Gasteiger partial charge in [0.15, 0.2) is 0 Å². The molecule has 0 fully saturated rings. The van der Waals surface area contributed by atoms with Crippen LogP contribution in [0.25, 0.3) is 0 Å². The molecule has 2 N–H and O–H groups in total. The molecule has 0 unspecified atom stereocenters. The number of aryl methyl sites for hydroxylation is 1. The van der Waals surface area contributed by atoms with Gasteiger partial charge in [-0.25, -0.2) is 12.8 Å². The summed E-state index contributed by atoms with van der Waals surface area (Å²) in [6.45, 7) is 1.94. The number of benzene rings is 3. The zero-order valence-corrected chi connectivity index (χ0v) is 15.3. The number of hydrogen-bond donors (Lipinski definition) is 2. The first-order valence-electron chi connectivity index (χ1n) is 8.10. The van der Waals surface area contributed by atoms with E-state index in [1.54, 1.807) is 12.1 Å². The van der Waals surface area contributed by atoms with Gasteiger partial charge in [-0.1, -0.05) is 29.8 Å². The molecule has 1 amide bonds. The van der Waals surface area contributed by atoms with Crippen molar-refractivity contribution >= 4 is 27.3 Å². The van der Waals surface area contributed by atoms with E-state index >= 15 is 0 Å². The third-order valence-electron chi connectivity index (χ3n) is 3.85. The predicted octanol–water partition coefficient (Wildman–Crippen LogP) is 4.19. The summed E-state index contributed by atoms with van der Waals surface area (Å²) in [6, 6.07) is 18.2. The Morgan fingerprint density at radius 2 is 1.52 bits per heavy atom. The number of anilines is 2. The van der Waals surface area contributed by atoms with E-state index in [9.17, 15) is 17.6 Å². The summed E-state index contributed by atoms with van der Waals surface area (Å²) in [6.07, 6.45) is 0. The standard InChI is InChI=1S/C20H17FN2O3S/c1-14-6-10-16(11-7-14)22-20(24)15-8-12-17(13-9-15)27(25,26)23-19-5-3-2-4-18(19)21/h2-13,23H,1H3,(H,22,24). The average Bonchev–Trinajstić information content (AvgIpc) is 2.65. The number of sulfonamides is 1. The van der Waals surface area contributed by atoms with Crippen molar-refractivity contribution in [3.05, 3.63) is 89.7 Å². The van der Waals surface area contributed by atoms with E-state index in [1.807, 2.05) is 19.1 Å². The fraction of sp³-hybridized carbons (Fsp3) is 0.0500. The van der Waals surface area contributed by atoms with Crippen LogP contribution in [0.15, 0.2) is 77.7 Å². The van der Waals surface area contributed by atoms with Crippen molar-refractivity contribution in [2.45, 2.75) is 11.8 Å². The zero-order valence-electron chi connectivity index (χ0n) is 14.4. The molecule has 0 atom stereocenters. The van der Waals surface area contributed by atoms with E-state index in [2.05, 4.69) is 10.0 Å². The number of nitrogens with one attached hydrogen (secondary N) is 2. The monoisotopic (exact) mass is 384 g/mol. The largest absolute Gasteiger partial charge is 0.322 e. The van der Waals surface area contributed by atoms with Gasteiger partial charge in [0.05, 0.1) is 10.6 Å². The molecule has 3 aromatic carbocycles. The summed E-state index contributed by atoms with van der Waals surface area (Å²) in [5, 5.41) is 2.74. The highest BCUT2D eigenvalue weighted by molar-refractivity contribution is 7.92. The highest BCUT2D eigenvalue weighted by Gasteiger charge is 2.17. The predicted molar refractivity (Wildman–Crippen MR) is 103 cm³/mol. The first kappa shape index (κ1) is 18.6. The number of halogens is 1. The lowest BCUT2D eigenvalue weighted by molar-refractivity contribution is 0.102. The van der Waals surface area contributed by atoms with Crippen molar-refractivity contribution in [3.8, 4) is 0 Å². The molecule has 0 aliphatic heterocycles. The fourth-order valence-corrected chi connectivity index (χ4v) is 3.44. The van der Waals surface area contributed by atoms with Crippen LogP contribution in [-0.4, -0.2) is 14.3 Å². The SMILES string of the molecule is Cc1ccc(NC(=O)c2ccc(S(=O)(=O)Nc3ccccc3F)cc2)cc1. The van der Waals surface area contributed by atoms with Crippen molar-refractivity contribution < 1.29 is 17.6 Å². The van der Waals surface area contributed by atoms with Crippen molar-refractivity contribution in [3.63, 3.8) is 0 Å². The molecule has 0 aliphatic carbocycles. The van der Waals surface area contributed by atoms with Gasteiger partial charge >= 0.3 is 0 Å². The van der Waals surface area contributed by atoms with Crippen LogP contribution in [0.5, 0.6) is 0 Å². The van der Waals surface area contributed by atoms with Gasteiger partial charge < -0.3 is 5.32 Å². The number of hydrogen-bond acceptors (Lipinski definition) is 3. The molecule has 3 rings (SSSR count). The Morgan fingerprint density at radius 3 is 2.15 bits per heavy atom. The molecule has 0 saturated carbocycles. The van der Waals surface area contributed by atoms with E-state index in [1.165, 1.54) is 42.5 Å². The molecule has 0 bridgehead atoms. The van der Waals surface area contributed by atoms with Crippen molar-refractivity contribution in [1.29, 1.82) is 0 Å². The van der Waals surface area contributed by atoms with Gasteiger partial charge in [-0.15, -0.1) is 0 Å². The van der Waals surface area contributed by atoms with Crippen LogP contribution in [0, 0.1) is 12.7 Å². The fourth-order valence-electron chi connectivity index (χ4n) is 2.37. The lowest BCUT2D eigenvalue weighted by Gasteiger charge is -2.10. The maximum atomic E-state index is 13.7. The zero-order chi connectivity index (χ0) is 19.4. The van der Waals surface area contributed by atoms with Gasteiger partial charge in [0.2, 0.25) is 0 Å². The Bertz CT molecular complexity index is 1060. The summed E-state index contributed by atoms with van der Waals surface area (Å²) >= 11 is 0. The van der Waals surface area contributed by atoms with Gasteiger partial charge in [0.1, 0.15) is 5.82 Å². The summed E-state index contributed by atoms with van der Waals surface area (Å²) in [5.41, 5.74) is 1.88.